The van der Waals surface area contributed by atoms with Gasteiger partial charge in [0, 0.05) is 44.5 Å². The summed E-state index contributed by atoms with van der Waals surface area (Å²) in [5, 5.41) is 10.2. The van der Waals surface area contributed by atoms with Gasteiger partial charge in [-0.2, -0.15) is 10.1 Å². The molecule has 1 aliphatic rings. The first-order valence-corrected chi connectivity index (χ1v) is 10.8. The Morgan fingerprint density at radius 1 is 1.21 bits per heavy atom. The lowest BCUT2D eigenvalue weighted by Gasteiger charge is -2.34. The molecule has 1 aliphatic heterocycles. The molecule has 2 aromatic rings. The number of ether oxygens (including phenoxy) is 1. The third-order valence-electron chi connectivity index (χ3n) is 5.20. The third kappa shape index (κ3) is 7.34. The van der Waals surface area contributed by atoms with Crippen molar-refractivity contribution < 1.29 is 22.4 Å². The van der Waals surface area contributed by atoms with Crippen molar-refractivity contribution in [2.45, 2.75) is 20.2 Å². The Morgan fingerprint density at radius 3 is 2.47 bits per heavy atom. The van der Waals surface area contributed by atoms with Crippen LogP contribution in [0.3, 0.4) is 0 Å². The number of likely N-dealkylation sites (N-methyl/N-ethyl adjacent to an activating group) is 2. The molecule has 0 aliphatic carbocycles. The van der Waals surface area contributed by atoms with Crippen LogP contribution < -0.4 is 4.74 Å². The lowest BCUT2D eigenvalue weighted by Crippen LogP contribution is -2.43. The zero-order chi connectivity index (χ0) is 24.9. The van der Waals surface area contributed by atoms with Crippen molar-refractivity contribution in [3.8, 4) is 17.1 Å². The molecule has 1 fully saturated rings. The minimum absolute atomic E-state index is 0.223. The molecule has 8 nitrogen and oxygen atoms in total. The summed E-state index contributed by atoms with van der Waals surface area (Å²) in [5.41, 5.74) is 3.11. The number of hydrazone groups is 1. The van der Waals surface area contributed by atoms with Gasteiger partial charge in [-0.3, -0.25) is 5.01 Å². The van der Waals surface area contributed by atoms with E-state index in [9.17, 15) is 13.2 Å². The summed E-state index contributed by atoms with van der Waals surface area (Å²) in [4.78, 5) is 8.87. The summed E-state index contributed by atoms with van der Waals surface area (Å²) >= 11 is 0. The smallest absolute Gasteiger partial charge is 0.406 e. The van der Waals surface area contributed by atoms with Crippen LogP contribution in [-0.4, -0.2) is 83.8 Å². The monoisotopic (exact) mass is 478 g/mol. The maximum Gasteiger partial charge on any atom is 0.573 e. The van der Waals surface area contributed by atoms with Crippen LogP contribution in [0.2, 0.25) is 0 Å². The Labute approximate surface area is 197 Å². The number of aromatic nitrogens is 2. The summed E-state index contributed by atoms with van der Waals surface area (Å²) in [5.74, 6) is 0.143. The molecular weight excluding hydrogens is 449 g/mol. The van der Waals surface area contributed by atoms with Crippen LogP contribution in [0.15, 0.2) is 57.8 Å². The summed E-state index contributed by atoms with van der Waals surface area (Å²) in [6.45, 7) is 12.5. The SMILES string of the molecule is C=C(/C=C(\C)CN(C)/N=C(\C)c1nc(-c2ccc(OC(F)(F)F)cc2)no1)N1CCN(C)CC1. The first-order chi connectivity index (χ1) is 16.0. The summed E-state index contributed by atoms with van der Waals surface area (Å²) in [6.07, 6.45) is -2.67. The van der Waals surface area contributed by atoms with E-state index < -0.39 is 6.36 Å². The van der Waals surface area contributed by atoms with Gasteiger partial charge in [0.2, 0.25) is 5.82 Å². The van der Waals surface area contributed by atoms with E-state index in [-0.39, 0.29) is 17.5 Å². The molecule has 0 saturated carbocycles. The van der Waals surface area contributed by atoms with Gasteiger partial charge in [0.05, 0.1) is 6.54 Å². The molecule has 0 spiro atoms. The molecule has 0 atom stereocenters. The maximum absolute atomic E-state index is 12.3. The van der Waals surface area contributed by atoms with Crippen LogP contribution in [0.25, 0.3) is 11.4 Å². The van der Waals surface area contributed by atoms with E-state index in [1.165, 1.54) is 24.3 Å². The number of alkyl halides is 3. The van der Waals surface area contributed by atoms with Crippen molar-refractivity contribution in [2.24, 2.45) is 5.10 Å². The highest BCUT2D eigenvalue weighted by atomic mass is 19.4. The van der Waals surface area contributed by atoms with Gasteiger partial charge in [0.15, 0.2) is 0 Å². The lowest BCUT2D eigenvalue weighted by molar-refractivity contribution is -0.274. The summed E-state index contributed by atoms with van der Waals surface area (Å²) in [6, 6.07) is 5.24. The first-order valence-electron chi connectivity index (χ1n) is 10.8. The molecule has 11 heteroatoms. The second-order valence-electron chi connectivity index (χ2n) is 8.27. The fourth-order valence-electron chi connectivity index (χ4n) is 3.50. The largest absolute Gasteiger partial charge is 0.573 e. The van der Waals surface area contributed by atoms with Crippen LogP contribution in [0, 0.1) is 0 Å². The van der Waals surface area contributed by atoms with Gasteiger partial charge in [0.25, 0.3) is 5.89 Å². The lowest BCUT2D eigenvalue weighted by atomic mass is 10.2. The number of nitrogens with zero attached hydrogens (tertiary/aromatic N) is 6. The molecule has 2 heterocycles. The van der Waals surface area contributed by atoms with E-state index in [1.54, 1.807) is 11.9 Å². The predicted octanol–water partition coefficient (Wildman–Crippen LogP) is 4.00. The topological polar surface area (TPSA) is 70.2 Å². The first kappa shape index (κ1) is 25.3. The van der Waals surface area contributed by atoms with Crippen LogP contribution >= 0.6 is 0 Å². The van der Waals surface area contributed by atoms with E-state index in [4.69, 9.17) is 4.52 Å². The van der Waals surface area contributed by atoms with Crippen molar-refractivity contribution in [1.82, 2.24) is 24.9 Å². The van der Waals surface area contributed by atoms with E-state index in [0.717, 1.165) is 37.4 Å². The maximum atomic E-state index is 12.3. The normalized spacial score (nSPS) is 16.0. The Balaban J connectivity index is 1.59. The number of piperazine rings is 1. The van der Waals surface area contributed by atoms with Crippen molar-refractivity contribution in [2.75, 3.05) is 46.8 Å². The molecule has 0 unspecified atom stereocenters. The minimum atomic E-state index is -4.74. The van der Waals surface area contributed by atoms with Gasteiger partial charge in [-0.1, -0.05) is 17.3 Å². The molecule has 0 N–H and O–H groups in total. The number of hydrogen-bond donors (Lipinski definition) is 0. The van der Waals surface area contributed by atoms with Gasteiger partial charge >= 0.3 is 6.36 Å². The molecule has 184 valence electrons. The zero-order valence-corrected chi connectivity index (χ0v) is 19.8. The predicted molar refractivity (Wildman–Crippen MR) is 123 cm³/mol. The molecule has 0 amide bonds. The molecule has 1 saturated heterocycles. The van der Waals surface area contributed by atoms with Crippen LogP contribution in [-0.2, 0) is 0 Å². The molecule has 3 rings (SSSR count). The Bertz CT molecular complexity index is 1040. The fraction of sp³-hybridized carbons (Fsp3) is 0.435. The van der Waals surface area contributed by atoms with Crippen molar-refractivity contribution >= 4 is 5.71 Å². The molecular formula is C23H29F3N6O2. The van der Waals surface area contributed by atoms with E-state index in [1.807, 2.05) is 14.0 Å². The number of hydrogen-bond acceptors (Lipinski definition) is 8. The highest BCUT2D eigenvalue weighted by Crippen LogP contribution is 2.25. The quantitative estimate of drug-likeness (QED) is 0.323. The average Bonchev–Trinajstić information content (AvgIpc) is 3.24. The van der Waals surface area contributed by atoms with Gasteiger partial charge in [-0.25, -0.2) is 0 Å². The van der Waals surface area contributed by atoms with Gasteiger partial charge in [0.1, 0.15) is 11.5 Å². The molecule has 1 aromatic heterocycles. The van der Waals surface area contributed by atoms with Crippen molar-refractivity contribution in [1.29, 1.82) is 0 Å². The minimum Gasteiger partial charge on any atom is -0.406 e. The Hall–Kier alpha value is -3.34. The molecule has 34 heavy (non-hydrogen) atoms. The van der Waals surface area contributed by atoms with Gasteiger partial charge in [-0.05, 0) is 51.2 Å². The summed E-state index contributed by atoms with van der Waals surface area (Å²) in [7, 11) is 3.96. The highest BCUT2D eigenvalue weighted by molar-refractivity contribution is 5.94. The fourth-order valence-corrected chi connectivity index (χ4v) is 3.50. The van der Waals surface area contributed by atoms with Gasteiger partial charge in [-0.15, -0.1) is 13.2 Å². The Kier molecular flexibility index (Phi) is 7.98. The van der Waals surface area contributed by atoms with Crippen LogP contribution in [0.5, 0.6) is 5.75 Å². The summed E-state index contributed by atoms with van der Waals surface area (Å²) < 4.78 is 46.1. The average molecular weight is 479 g/mol. The van der Waals surface area contributed by atoms with Gasteiger partial charge < -0.3 is 19.1 Å². The standard InChI is InChI=1S/C23H29F3N6O2/c1-16(14-17(2)32-12-10-30(4)11-13-32)15-31(5)28-18(3)22-27-21(29-34-22)19-6-8-20(9-7-19)33-23(24,25)26/h6-9,14H,2,10-13,15H2,1,3-5H3/b16-14+,28-18+. The van der Waals surface area contributed by atoms with Crippen LogP contribution in [0.1, 0.15) is 19.7 Å². The van der Waals surface area contributed by atoms with E-state index in [2.05, 4.69) is 49.5 Å². The van der Waals surface area contributed by atoms with E-state index >= 15 is 0 Å². The molecule has 0 bridgehead atoms. The van der Waals surface area contributed by atoms with E-state index in [0.29, 0.717) is 17.8 Å². The van der Waals surface area contributed by atoms with Crippen LogP contribution in [0.4, 0.5) is 13.2 Å². The molecule has 0 radical (unpaired) electrons. The number of halogens is 3. The van der Waals surface area contributed by atoms with Crippen molar-refractivity contribution in [3.63, 3.8) is 0 Å². The highest BCUT2D eigenvalue weighted by Gasteiger charge is 2.31. The third-order valence-corrected chi connectivity index (χ3v) is 5.20. The number of allylic oxidation sites excluding steroid dienone is 1. The number of benzene rings is 1. The second-order valence-corrected chi connectivity index (χ2v) is 8.27. The van der Waals surface area contributed by atoms with Crippen molar-refractivity contribution in [3.05, 3.63) is 54.1 Å². The molecule has 1 aromatic carbocycles. The zero-order valence-electron chi connectivity index (χ0n) is 19.8. The second kappa shape index (κ2) is 10.7. The Morgan fingerprint density at radius 2 is 1.85 bits per heavy atom. The number of rotatable bonds is 8.